The highest BCUT2D eigenvalue weighted by Crippen LogP contribution is 2.28. The molecule has 3 heteroatoms. The first-order valence-corrected chi connectivity index (χ1v) is 6.33. The zero-order valence-corrected chi connectivity index (χ0v) is 12.0. The Morgan fingerprint density at radius 1 is 1.18 bits per heavy atom. The predicted octanol–water partition coefficient (Wildman–Crippen LogP) is 4.16. The third kappa shape index (κ3) is 2.29. The second-order valence-electron chi connectivity index (χ2n) is 5.35. The fourth-order valence-corrected chi connectivity index (χ4v) is 2.38. The van der Waals surface area contributed by atoms with Gasteiger partial charge < -0.3 is 4.42 Å². The van der Waals surface area contributed by atoms with Crippen LogP contribution in [0.4, 0.5) is 0 Å². The Balaban J connectivity index is 2.88. The first kappa shape index (κ1) is 12.4. The van der Waals surface area contributed by atoms with Crippen LogP contribution in [0.25, 0.3) is 11.0 Å². The van der Waals surface area contributed by atoms with Crippen molar-refractivity contribution in [2.75, 3.05) is 0 Å². The molecule has 1 aromatic heterocycles. The maximum Gasteiger partial charge on any atom is 0.193 e. The van der Waals surface area contributed by atoms with Crippen molar-refractivity contribution in [1.29, 1.82) is 0 Å². The first-order valence-electron chi connectivity index (χ1n) is 5.53. The maximum atomic E-state index is 12.1. The van der Waals surface area contributed by atoms with Gasteiger partial charge in [-0.25, -0.2) is 0 Å². The van der Waals surface area contributed by atoms with Crippen molar-refractivity contribution in [3.8, 4) is 0 Å². The summed E-state index contributed by atoms with van der Waals surface area (Å²) in [4.78, 5) is 12.1. The van der Waals surface area contributed by atoms with Gasteiger partial charge in [-0.05, 0) is 40.5 Å². The summed E-state index contributed by atoms with van der Waals surface area (Å²) >= 11 is 3.45. The van der Waals surface area contributed by atoms with Crippen molar-refractivity contribution in [3.05, 3.63) is 44.2 Å². The van der Waals surface area contributed by atoms with E-state index in [9.17, 15) is 4.79 Å². The third-order valence-electron chi connectivity index (χ3n) is 2.67. The Bertz CT molecular complexity index is 633. The molecule has 2 nitrogen and oxygen atoms in total. The average Bonchev–Trinajstić information content (AvgIpc) is 2.17. The van der Waals surface area contributed by atoms with Crippen LogP contribution >= 0.6 is 15.9 Å². The van der Waals surface area contributed by atoms with Crippen LogP contribution in [0.3, 0.4) is 0 Å². The minimum atomic E-state index is -0.169. The van der Waals surface area contributed by atoms with E-state index in [1.165, 1.54) is 0 Å². The van der Waals surface area contributed by atoms with Gasteiger partial charge in [0, 0.05) is 11.5 Å². The summed E-state index contributed by atoms with van der Waals surface area (Å²) in [5, 5.41) is 0.630. The largest absolute Gasteiger partial charge is 0.459 e. The highest BCUT2D eigenvalue weighted by molar-refractivity contribution is 9.10. The first-order chi connectivity index (χ1) is 7.79. The van der Waals surface area contributed by atoms with Gasteiger partial charge in [-0.2, -0.15) is 0 Å². The molecule has 0 radical (unpaired) electrons. The monoisotopic (exact) mass is 294 g/mol. The SMILES string of the molecule is Cc1cc(Br)c2oc(C(C)(C)C)cc(=O)c2c1. The smallest absolute Gasteiger partial charge is 0.193 e. The van der Waals surface area contributed by atoms with Crippen molar-refractivity contribution < 1.29 is 4.42 Å². The summed E-state index contributed by atoms with van der Waals surface area (Å²) in [6, 6.07) is 5.41. The highest BCUT2D eigenvalue weighted by Gasteiger charge is 2.19. The molecule has 0 spiro atoms. The van der Waals surface area contributed by atoms with Gasteiger partial charge in [0.15, 0.2) is 11.0 Å². The topological polar surface area (TPSA) is 30.2 Å². The molecule has 0 aliphatic heterocycles. The van der Waals surface area contributed by atoms with Gasteiger partial charge in [-0.1, -0.05) is 20.8 Å². The zero-order chi connectivity index (χ0) is 12.8. The molecule has 0 N–H and O–H groups in total. The minimum Gasteiger partial charge on any atom is -0.459 e. The second kappa shape index (κ2) is 3.98. The average molecular weight is 295 g/mol. The Kier molecular flexibility index (Phi) is 2.90. The quantitative estimate of drug-likeness (QED) is 0.730. The van der Waals surface area contributed by atoms with Crippen LogP contribution in [0.2, 0.25) is 0 Å². The van der Waals surface area contributed by atoms with Crippen molar-refractivity contribution in [3.63, 3.8) is 0 Å². The molecule has 0 fully saturated rings. The summed E-state index contributed by atoms with van der Waals surface area (Å²) in [6.07, 6.45) is 0. The fourth-order valence-electron chi connectivity index (χ4n) is 1.72. The van der Waals surface area contributed by atoms with E-state index in [1.807, 2.05) is 39.8 Å². The predicted molar refractivity (Wildman–Crippen MR) is 73.6 cm³/mol. The van der Waals surface area contributed by atoms with Crippen molar-refractivity contribution in [2.24, 2.45) is 0 Å². The lowest BCUT2D eigenvalue weighted by atomic mass is 9.92. The number of benzene rings is 1. The molecule has 90 valence electrons. The molecule has 0 saturated carbocycles. The normalized spacial score (nSPS) is 12.1. The van der Waals surface area contributed by atoms with Crippen LogP contribution in [0.1, 0.15) is 32.1 Å². The maximum absolute atomic E-state index is 12.1. The number of fused-ring (bicyclic) bond motifs is 1. The fraction of sp³-hybridized carbons (Fsp3) is 0.357. The number of halogens is 1. The van der Waals surface area contributed by atoms with Crippen LogP contribution < -0.4 is 5.43 Å². The molecule has 1 aromatic carbocycles. The number of aryl methyl sites for hydroxylation is 1. The van der Waals surface area contributed by atoms with Gasteiger partial charge in [0.05, 0.1) is 9.86 Å². The summed E-state index contributed by atoms with van der Waals surface area (Å²) < 4.78 is 6.68. The molecule has 0 atom stereocenters. The Morgan fingerprint density at radius 2 is 1.82 bits per heavy atom. The van der Waals surface area contributed by atoms with E-state index in [4.69, 9.17) is 4.42 Å². The number of hydrogen-bond donors (Lipinski definition) is 0. The lowest BCUT2D eigenvalue weighted by molar-refractivity contribution is 0.420. The zero-order valence-electron chi connectivity index (χ0n) is 10.4. The molecule has 0 unspecified atom stereocenters. The van der Waals surface area contributed by atoms with Gasteiger partial charge >= 0.3 is 0 Å². The summed E-state index contributed by atoms with van der Waals surface area (Å²) in [5.74, 6) is 0.708. The molecule has 1 heterocycles. The number of hydrogen-bond acceptors (Lipinski definition) is 2. The van der Waals surface area contributed by atoms with Gasteiger partial charge in [-0.3, -0.25) is 4.79 Å². The molecule has 0 aliphatic carbocycles. The van der Waals surface area contributed by atoms with E-state index in [-0.39, 0.29) is 10.8 Å². The lowest BCUT2D eigenvalue weighted by Crippen LogP contribution is -2.15. The van der Waals surface area contributed by atoms with Gasteiger partial charge in [-0.15, -0.1) is 0 Å². The van der Waals surface area contributed by atoms with Crippen LogP contribution in [-0.2, 0) is 5.41 Å². The molecule has 0 aliphatic rings. The molecule has 2 rings (SSSR count). The van der Waals surface area contributed by atoms with Crippen LogP contribution in [-0.4, -0.2) is 0 Å². The van der Waals surface area contributed by atoms with E-state index in [1.54, 1.807) is 6.07 Å². The Labute approximate surface area is 109 Å². The third-order valence-corrected chi connectivity index (χ3v) is 3.26. The van der Waals surface area contributed by atoms with Gasteiger partial charge in [0.25, 0.3) is 0 Å². The van der Waals surface area contributed by atoms with Crippen molar-refractivity contribution in [1.82, 2.24) is 0 Å². The van der Waals surface area contributed by atoms with E-state index in [0.29, 0.717) is 16.7 Å². The summed E-state index contributed by atoms with van der Waals surface area (Å²) in [7, 11) is 0. The molecule has 0 bridgehead atoms. The van der Waals surface area contributed by atoms with E-state index < -0.39 is 0 Å². The minimum absolute atomic E-state index is 0.0144. The highest BCUT2D eigenvalue weighted by atomic mass is 79.9. The Morgan fingerprint density at radius 3 is 2.41 bits per heavy atom. The molecule has 2 aromatic rings. The van der Waals surface area contributed by atoms with Crippen molar-refractivity contribution >= 4 is 26.9 Å². The molecule has 0 amide bonds. The molecular weight excluding hydrogens is 280 g/mol. The van der Waals surface area contributed by atoms with Gasteiger partial charge in [0.1, 0.15) is 5.76 Å². The molecule has 0 saturated heterocycles. The standard InChI is InChI=1S/C14H15BrO2/c1-8-5-9-11(16)7-12(14(2,3)4)17-13(9)10(15)6-8/h5-7H,1-4H3. The van der Waals surface area contributed by atoms with Crippen molar-refractivity contribution in [2.45, 2.75) is 33.1 Å². The number of rotatable bonds is 0. The second-order valence-corrected chi connectivity index (χ2v) is 6.20. The van der Waals surface area contributed by atoms with Gasteiger partial charge in [0.2, 0.25) is 0 Å². The van der Waals surface area contributed by atoms with E-state index >= 15 is 0 Å². The van der Waals surface area contributed by atoms with E-state index in [2.05, 4.69) is 15.9 Å². The molecular formula is C14H15BrO2. The van der Waals surface area contributed by atoms with E-state index in [0.717, 1.165) is 10.0 Å². The molecule has 17 heavy (non-hydrogen) atoms. The summed E-state index contributed by atoms with van der Waals surface area (Å²) in [5.41, 5.74) is 1.52. The van der Waals surface area contributed by atoms with Crippen LogP contribution in [0.15, 0.2) is 31.9 Å². The van der Waals surface area contributed by atoms with Crippen LogP contribution in [0, 0.1) is 6.92 Å². The summed E-state index contributed by atoms with van der Waals surface area (Å²) in [6.45, 7) is 8.04. The Hall–Kier alpha value is -1.09. The van der Waals surface area contributed by atoms with Crippen LogP contribution in [0.5, 0.6) is 0 Å². The lowest BCUT2D eigenvalue weighted by Gasteiger charge is -2.17.